The van der Waals surface area contributed by atoms with Gasteiger partial charge < -0.3 is 19.7 Å². The molecule has 9 heteroatoms. The third kappa shape index (κ3) is 8.70. The van der Waals surface area contributed by atoms with Crippen molar-refractivity contribution < 1.29 is 28.7 Å². The first-order valence-electron chi connectivity index (χ1n) is 13.3. The predicted octanol–water partition coefficient (Wildman–Crippen LogP) is 4.39. The molecule has 0 aromatic heterocycles. The van der Waals surface area contributed by atoms with Crippen LogP contribution in [0.1, 0.15) is 74.8 Å². The number of carbonyl (C=O) groups excluding carboxylic acids is 4. The van der Waals surface area contributed by atoms with Crippen molar-refractivity contribution in [3.8, 4) is 0 Å². The number of nitrogens with one attached hydrogen (secondary N) is 1. The summed E-state index contributed by atoms with van der Waals surface area (Å²) in [6, 6.07) is 6.55. The van der Waals surface area contributed by atoms with Gasteiger partial charge in [-0.05, 0) is 37.7 Å². The molecule has 0 saturated carbocycles. The fourth-order valence-corrected chi connectivity index (χ4v) is 4.66. The molecule has 2 unspecified atom stereocenters. The third-order valence-electron chi connectivity index (χ3n) is 6.76. The first-order chi connectivity index (χ1) is 17.7. The summed E-state index contributed by atoms with van der Waals surface area (Å²) in [5.74, 6) is -1.70. The van der Waals surface area contributed by atoms with Crippen LogP contribution in [-0.4, -0.2) is 78.6 Å². The van der Waals surface area contributed by atoms with Crippen molar-refractivity contribution in [3.05, 3.63) is 35.9 Å². The SMILES string of the molecule is COC(=O)C(C(C)C)N(C)C(=O)C(NC(=O)[C@@H](N(C)C(=O)OC(C)(C)C)C(C)(C)c1ccccc1)C(C)(C)C. The summed E-state index contributed by atoms with van der Waals surface area (Å²) in [5, 5.41) is 2.93. The fourth-order valence-electron chi connectivity index (χ4n) is 4.66. The van der Waals surface area contributed by atoms with Crippen LogP contribution in [-0.2, 0) is 29.3 Å². The zero-order valence-electron chi connectivity index (χ0n) is 26.0. The maximum absolute atomic E-state index is 14.1. The van der Waals surface area contributed by atoms with Gasteiger partial charge in [0.05, 0.1) is 7.11 Å². The third-order valence-corrected chi connectivity index (χ3v) is 6.76. The van der Waals surface area contributed by atoms with E-state index in [-0.39, 0.29) is 5.92 Å². The minimum absolute atomic E-state index is 0.217. The van der Waals surface area contributed by atoms with E-state index in [2.05, 4.69) is 5.32 Å². The summed E-state index contributed by atoms with van der Waals surface area (Å²) in [4.78, 5) is 56.3. The summed E-state index contributed by atoms with van der Waals surface area (Å²) in [6.45, 7) is 18.2. The number of esters is 1. The maximum Gasteiger partial charge on any atom is 0.410 e. The molecule has 0 radical (unpaired) electrons. The average Bonchev–Trinajstić information content (AvgIpc) is 2.80. The number of hydrogen-bond donors (Lipinski definition) is 1. The van der Waals surface area contributed by atoms with Gasteiger partial charge in [-0.2, -0.15) is 0 Å². The topological polar surface area (TPSA) is 105 Å². The molecule has 0 fully saturated rings. The Balaban J connectivity index is 3.56. The van der Waals surface area contributed by atoms with Crippen molar-refractivity contribution in [2.75, 3.05) is 21.2 Å². The smallest absolute Gasteiger partial charge is 0.410 e. The second-order valence-electron chi connectivity index (χ2n) is 13.1. The molecule has 9 nitrogen and oxygen atoms in total. The Hall–Kier alpha value is -3.10. The molecule has 1 rings (SSSR count). The largest absolute Gasteiger partial charge is 0.467 e. The van der Waals surface area contributed by atoms with Crippen molar-refractivity contribution in [3.63, 3.8) is 0 Å². The zero-order valence-corrected chi connectivity index (χ0v) is 26.0. The quantitative estimate of drug-likeness (QED) is 0.460. The second-order valence-corrected chi connectivity index (χ2v) is 13.1. The van der Waals surface area contributed by atoms with E-state index in [1.165, 1.54) is 31.0 Å². The number of methoxy groups -OCH3 is 1. The van der Waals surface area contributed by atoms with Crippen molar-refractivity contribution in [2.24, 2.45) is 11.3 Å². The van der Waals surface area contributed by atoms with E-state index in [1.54, 1.807) is 20.8 Å². The van der Waals surface area contributed by atoms with Crippen LogP contribution >= 0.6 is 0 Å². The number of likely N-dealkylation sites (N-methyl/N-ethyl adjacent to an activating group) is 2. The molecule has 39 heavy (non-hydrogen) atoms. The Morgan fingerprint density at radius 2 is 1.36 bits per heavy atom. The van der Waals surface area contributed by atoms with Gasteiger partial charge in [-0.1, -0.05) is 78.8 Å². The lowest BCUT2D eigenvalue weighted by atomic mass is 9.76. The molecule has 1 aromatic rings. The minimum atomic E-state index is -1.03. The minimum Gasteiger partial charge on any atom is -0.467 e. The number of carbonyl (C=O) groups is 4. The number of amides is 3. The first kappa shape index (κ1) is 33.9. The lowest BCUT2D eigenvalue weighted by Gasteiger charge is -2.42. The van der Waals surface area contributed by atoms with E-state index in [1.807, 2.05) is 78.8 Å². The van der Waals surface area contributed by atoms with Gasteiger partial charge in [-0.25, -0.2) is 9.59 Å². The predicted molar refractivity (Wildman–Crippen MR) is 152 cm³/mol. The Morgan fingerprint density at radius 3 is 1.77 bits per heavy atom. The van der Waals surface area contributed by atoms with Gasteiger partial charge in [0, 0.05) is 19.5 Å². The van der Waals surface area contributed by atoms with Gasteiger partial charge in [0.1, 0.15) is 23.7 Å². The van der Waals surface area contributed by atoms with E-state index < -0.39 is 58.4 Å². The maximum atomic E-state index is 14.1. The highest BCUT2D eigenvalue weighted by atomic mass is 16.6. The standard InChI is InChI=1S/C30H49N3O6/c1-19(2)21(26(36)38-13)32(11)25(35)22(28(3,4)5)31-24(34)23(33(12)27(37)39-29(6,7)8)30(9,10)20-17-15-14-16-18-20/h14-19,21-23H,1-13H3,(H,31,34)/t21?,22?,23-/m1/s1. The van der Waals surface area contributed by atoms with Crippen LogP contribution in [0.15, 0.2) is 30.3 Å². The van der Waals surface area contributed by atoms with Crippen LogP contribution < -0.4 is 5.32 Å². The van der Waals surface area contributed by atoms with E-state index in [0.717, 1.165) is 5.56 Å². The number of ether oxygens (including phenoxy) is 2. The molecule has 0 aliphatic rings. The molecule has 0 spiro atoms. The zero-order chi connectivity index (χ0) is 30.5. The van der Waals surface area contributed by atoms with E-state index >= 15 is 0 Å². The van der Waals surface area contributed by atoms with Gasteiger partial charge >= 0.3 is 12.1 Å². The first-order valence-corrected chi connectivity index (χ1v) is 13.3. The van der Waals surface area contributed by atoms with Crippen LogP contribution in [0.3, 0.4) is 0 Å². The summed E-state index contributed by atoms with van der Waals surface area (Å²) >= 11 is 0. The molecule has 0 saturated heterocycles. The normalized spacial score (nSPS) is 14.6. The van der Waals surface area contributed by atoms with Crippen LogP contribution in [0.4, 0.5) is 4.79 Å². The van der Waals surface area contributed by atoms with Crippen molar-refractivity contribution in [1.29, 1.82) is 0 Å². The second kappa shape index (κ2) is 12.8. The Bertz CT molecular complexity index is 1010. The monoisotopic (exact) mass is 547 g/mol. The Labute approximate surface area is 234 Å². The van der Waals surface area contributed by atoms with Crippen LogP contribution in [0.25, 0.3) is 0 Å². The average molecular weight is 548 g/mol. The number of nitrogens with zero attached hydrogens (tertiary/aromatic N) is 2. The molecule has 3 amide bonds. The summed E-state index contributed by atoms with van der Waals surface area (Å²) < 4.78 is 10.5. The van der Waals surface area contributed by atoms with Crippen molar-refractivity contribution in [2.45, 2.75) is 98.4 Å². The summed E-state index contributed by atoms with van der Waals surface area (Å²) in [5.41, 5.74) is -1.51. The lowest BCUT2D eigenvalue weighted by molar-refractivity contribution is -0.156. The van der Waals surface area contributed by atoms with E-state index in [9.17, 15) is 19.2 Å². The van der Waals surface area contributed by atoms with E-state index in [0.29, 0.717) is 0 Å². The Morgan fingerprint density at radius 1 is 0.846 bits per heavy atom. The van der Waals surface area contributed by atoms with Gasteiger partial charge in [0.15, 0.2) is 0 Å². The highest BCUT2D eigenvalue weighted by Crippen LogP contribution is 2.32. The van der Waals surface area contributed by atoms with Crippen LogP contribution in [0, 0.1) is 11.3 Å². The number of rotatable bonds is 9. The van der Waals surface area contributed by atoms with Gasteiger partial charge in [0.25, 0.3) is 0 Å². The van der Waals surface area contributed by atoms with Gasteiger partial charge in [0.2, 0.25) is 11.8 Å². The molecular weight excluding hydrogens is 498 g/mol. The molecule has 3 atom stereocenters. The van der Waals surface area contributed by atoms with E-state index in [4.69, 9.17) is 9.47 Å². The molecular formula is C30H49N3O6. The highest BCUT2D eigenvalue weighted by molar-refractivity contribution is 5.94. The van der Waals surface area contributed by atoms with Gasteiger partial charge in [-0.3, -0.25) is 14.5 Å². The number of benzene rings is 1. The molecule has 220 valence electrons. The Kier molecular flexibility index (Phi) is 11.2. The van der Waals surface area contributed by atoms with Crippen LogP contribution in [0.5, 0.6) is 0 Å². The molecule has 0 bridgehead atoms. The molecule has 1 N–H and O–H groups in total. The van der Waals surface area contributed by atoms with Crippen molar-refractivity contribution >= 4 is 23.9 Å². The molecule has 0 aliphatic heterocycles. The highest BCUT2D eigenvalue weighted by Gasteiger charge is 2.46. The molecule has 0 heterocycles. The lowest BCUT2D eigenvalue weighted by Crippen LogP contribution is -2.63. The molecule has 1 aromatic carbocycles. The molecule has 0 aliphatic carbocycles. The fraction of sp³-hybridized carbons (Fsp3) is 0.667. The van der Waals surface area contributed by atoms with Crippen molar-refractivity contribution in [1.82, 2.24) is 15.1 Å². The summed E-state index contributed by atoms with van der Waals surface area (Å²) in [7, 11) is 4.34. The summed E-state index contributed by atoms with van der Waals surface area (Å²) in [6.07, 6.45) is -0.659. The van der Waals surface area contributed by atoms with Crippen LogP contribution in [0.2, 0.25) is 0 Å². The number of hydrogen-bond acceptors (Lipinski definition) is 6. The van der Waals surface area contributed by atoms with Gasteiger partial charge in [-0.15, -0.1) is 0 Å².